The smallest absolute Gasteiger partial charge is 0.254 e. The Morgan fingerprint density at radius 1 is 1.33 bits per heavy atom. The fourth-order valence-electron chi connectivity index (χ4n) is 3.59. The molecule has 3 fully saturated rings. The van der Waals surface area contributed by atoms with Crippen LogP contribution in [-0.4, -0.2) is 61.4 Å². The lowest BCUT2D eigenvalue weighted by Crippen LogP contribution is -2.41. The van der Waals surface area contributed by atoms with Crippen molar-refractivity contribution in [3.8, 4) is 0 Å². The molecular formula is C13H20F2N2O3S. The second kappa shape index (κ2) is 4.87. The number of hydrogen-bond acceptors (Lipinski definition) is 3. The molecule has 2 atom stereocenters. The summed E-state index contributed by atoms with van der Waals surface area (Å²) in [5.41, 5.74) is 0. The van der Waals surface area contributed by atoms with Gasteiger partial charge in [0.25, 0.3) is 5.92 Å². The molecule has 21 heavy (non-hydrogen) atoms. The number of likely N-dealkylation sites (tertiary alicyclic amines) is 1. The zero-order valence-corrected chi connectivity index (χ0v) is 12.8. The number of nitrogens with zero attached hydrogens (tertiary/aromatic N) is 2. The van der Waals surface area contributed by atoms with Gasteiger partial charge in [0.05, 0.1) is 5.25 Å². The second-order valence-corrected chi connectivity index (χ2v) is 8.65. The van der Waals surface area contributed by atoms with Crippen LogP contribution in [0.1, 0.15) is 25.7 Å². The summed E-state index contributed by atoms with van der Waals surface area (Å²) >= 11 is 0. The molecule has 0 aromatic rings. The SMILES string of the molecule is CN(CCN1CCCC1=O)S(=O)(=O)C1CC2C(C1)C2(F)F. The Hall–Kier alpha value is -0.760. The van der Waals surface area contributed by atoms with Crippen LogP contribution in [0.3, 0.4) is 0 Å². The van der Waals surface area contributed by atoms with Crippen LogP contribution in [0.15, 0.2) is 0 Å². The molecule has 2 unspecified atom stereocenters. The fraction of sp³-hybridized carbons (Fsp3) is 0.923. The average Bonchev–Trinajstić information content (AvgIpc) is 2.87. The minimum absolute atomic E-state index is 0.0579. The molecule has 1 heterocycles. The number of rotatable bonds is 5. The van der Waals surface area contributed by atoms with E-state index in [4.69, 9.17) is 0 Å². The van der Waals surface area contributed by atoms with Gasteiger partial charge in [-0.3, -0.25) is 4.79 Å². The summed E-state index contributed by atoms with van der Waals surface area (Å²) in [7, 11) is -2.07. The van der Waals surface area contributed by atoms with E-state index >= 15 is 0 Å². The highest BCUT2D eigenvalue weighted by Crippen LogP contribution is 2.65. The van der Waals surface area contributed by atoms with E-state index in [-0.39, 0.29) is 25.3 Å². The van der Waals surface area contributed by atoms with Gasteiger partial charge in [0.2, 0.25) is 15.9 Å². The number of amides is 1. The molecule has 0 N–H and O–H groups in total. The van der Waals surface area contributed by atoms with Crippen LogP contribution in [-0.2, 0) is 14.8 Å². The van der Waals surface area contributed by atoms with Gasteiger partial charge in [-0.25, -0.2) is 21.5 Å². The number of halogens is 2. The van der Waals surface area contributed by atoms with Gasteiger partial charge in [0.15, 0.2) is 0 Å². The Kier molecular flexibility index (Phi) is 3.52. The Morgan fingerprint density at radius 2 is 1.95 bits per heavy atom. The molecule has 120 valence electrons. The maximum atomic E-state index is 13.1. The van der Waals surface area contributed by atoms with E-state index in [2.05, 4.69) is 0 Å². The summed E-state index contributed by atoms with van der Waals surface area (Å²) in [6, 6.07) is 0. The highest BCUT2D eigenvalue weighted by molar-refractivity contribution is 7.89. The number of alkyl halides is 2. The lowest BCUT2D eigenvalue weighted by molar-refractivity contribution is -0.127. The summed E-state index contributed by atoms with van der Waals surface area (Å²) in [5.74, 6) is -4.08. The van der Waals surface area contributed by atoms with Crippen molar-refractivity contribution >= 4 is 15.9 Å². The van der Waals surface area contributed by atoms with E-state index in [1.165, 1.54) is 11.4 Å². The van der Waals surface area contributed by atoms with Crippen molar-refractivity contribution in [2.75, 3.05) is 26.7 Å². The third kappa shape index (κ3) is 2.46. The first-order chi connectivity index (χ1) is 9.74. The Labute approximate surface area is 123 Å². The number of carbonyl (C=O) groups excluding carboxylic acids is 1. The van der Waals surface area contributed by atoms with Crippen LogP contribution >= 0.6 is 0 Å². The van der Waals surface area contributed by atoms with E-state index in [0.717, 1.165) is 6.42 Å². The molecule has 0 spiro atoms. The molecule has 0 aromatic heterocycles. The van der Waals surface area contributed by atoms with Gasteiger partial charge in [0.1, 0.15) is 0 Å². The minimum Gasteiger partial charge on any atom is -0.341 e. The normalized spacial score (nSPS) is 34.6. The summed E-state index contributed by atoms with van der Waals surface area (Å²) < 4.78 is 52.3. The maximum absolute atomic E-state index is 13.1. The highest BCUT2D eigenvalue weighted by atomic mass is 32.2. The van der Waals surface area contributed by atoms with Crippen molar-refractivity contribution in [2.45, 2.75) is 36.9 Å². The lowest BCUT2D eigenvalue weighted by Gasteiger charge is -2.25. The van der Waals surface area contributed by atoms with Crippen molar-refractivity contribution in [3.05, 3.63) is 0 Å². The predicted molar refractivity (Wildman–Crippen MR) is 72.3 cm³/mol. The molecular weight excluding hydrogens is 302 g/mol. The van der Waals surface area contributed by atoms with E-state index in [0.29, 0.717) is 19.5 Å². The molecule has 2 aliphatic carbocycles. The first kappa shape index (κ1) is 15.1. The molecule has 0 aromatic carbocycles. The van der Waals surface area contributed by atoms with Crippen LogP contribution in [0.4, 0.5) is 8.78 Å². The van der Waals surface area contributed by atoms with Crippen LogP contribution in [0.2, 0.25) is 0 Å². The van der Waals surface area contributed by atoms with Gasteiger partial charge in [-0.1, -0.05) is 0 Å². The van der Waals surface area contributed by atoms with Gasteiger partial charge < -0.3 is 4.90 Å². The van der Waals surface area contributed by atoms with Crippen LogP contribution in [0.5, 0.6) is 0 Å². The predicted octanol–water partition coefficient (Wildman–Crippen LogP) is 0.914. The number of likely N-dealkylation sites (N-methyl/N-ethyl adjacent to an activating group) is 1. The monoisotopic (exact) mass is 322 g/mol. The van der Waals surface area contributed by atoms with Gasteiger partial charge >= 0.3 is 0 Å². The van der Waals surface area contributed by atoms with E-state index < -0.39 is 33.0 Å². The summed E-state index contributed by atoms with van der Waals surface area (Å²) in [4.78, 5) is 13.1. The Balaban J connectivity index is 1.54. The Bertz CT molecular complexity index is 538. The molecule has 3 rings (SSSR count). The summed E-state index contributed by atoms with van der Waals surface area (Å²) in [6.07, 6.45) is 1.47. The zero-order valence-electron chi connectivity index (χ0n) is 12.0. The standard InChI is InChI=1S/C13H20F2N2O3S/c1-16(5-6-17-4-2-3-12(17)18)21(19,20)9-7-10-11(8-9)13(10,14)15/h9-11H,2-8H2,1H3. The van der Waals surface area contributed by atoms with Gasteiger partial charge in [-0.15, -0.1) is 0 Å². The molecule has 2 saturated carbocycles. The third-order valence-electron chi connectivity index (χ3n) is 5.11. The molecule has 1 saturated heterocycles. The van der Waals surface area contributed by atoms with E-state index in [9.17, 15) is 22.0 Å². The average molecular weight is 322 g/mol. The molecule has 0 radical (unpaired) electrons. The van der Waals surface area contributed by atoms with Crippen molar-refractivity contribution in [1.82, 2.24) is 9.21 Å². The van der Waals surface area contributed by atoms with Crippen LogP contribution < -0.4 is 0 Å². The molecule has 8 heteroatoms. The van der Waals surface area contributed by atoms with Gasteiger partial charge in [0, 0.05) is 44.9 Å². The van der Waals surface area contributed by atoms with Crippen molar-refractivity contribution in [3.63, 3.8) is 0 Å². The zero-order chi connectivity index (χ0) is 15.4. The number of sulfonamides is 1. The van der Waals surface area contributed by atoms with Crippen LogP contribution in [0, 0.1) is 11.8 Å². The van der Waals surface area contributed by atoms with E-state index in [1.807, 2.05) is 0 Å². The van der Waals surface area contributed by atoms with Crippen molar-refractivity contribution in [2.24, 2.45) is 11.8 Å². The number of hydrogen-bond donors (Lipinski definition) is 0. The number of carbonyl (C=O) groups is 1. The largest absolute Gasteiger partial charge is 0.341 e. The van der Waals surface area contributed by atoms with E-state index in [1.54, 1.807) is 4.90 Å². The molecule has 0 bridgehead atoms. The van der Waals surface area contributed by atoms with Crippen molar-refractivity contribution < 1.29 is 22.0 Å². The molecule has 1 amide bonds. The maximum Gasteiger partial charge on any atom is 0.254 e. The topological polar surface area (TPSA) is 57.7 Å². The third-order valence-corrected chi connectivity index (χ3v) is 7.39. The summed E-state index contributed by atoms with van der Waals surface area (Å²) in [5, 5.41) is -0.689. The minimum atomic E-state index is -3.54. The van der Waals surface area contributed by atoms with Gasteiger partial charge in [-0.05, 0) is 19.3 Å². The Morgan fingerprint density at radius 3 is 2.48 bits per heavy atom. The first-order valence-electron chi connectivity index (χ1n) is 7.35. The van der Waals surface area contributed by atoms with Gasteiger partial charge in [-0.2, -0.15) is 0 Å². The molecule has 5 nitrogen and oxygen atoms in total. The molecule has 1 aliphatic heterocycles. The van der Waals surface area contributed by atoms with Crippen LogP contribution in [0.25, 0.3) is 0 Å². The second-order valence-electron chi connectivity index (χ2n) is 6.33. The molecule has 3 aliphatic rings. The highest BCUT2D eigenvalue weighted by Gasteiger charge is 2.73. The number of fused-ring (bicyclic) bond motifs is 1. The lowest BCUT2D eigenvalue weighted by atomic mass is 10.2. The first-order valence-corrected chi connectivity index (χ1v) is 8.85. The van der Waals surface area contributed by atoms with Crippen molar-refractivity contribution in [1.29, 1.82) is 0 Å². The summed E-state index contributed by atoms with van der Waals surface area (Å²) in [6.45, 7) is 1.28. The fourth-order valence-corrected chi connectivity index (χ4v) is 5.34. The quantitative estimate of drug-likeness (QED) is 0.756.